The molecule has 0 saturated carbocycles. The number of hydrogen-bond donors (Lipinski definition) is 1. The van der Waals surface area contributed by atoms with Crippen LogP contribution in [0.2, 0.25) is 0 Å². The highest BCUT2D eigenvalue weighted by molar-refractivity contribution is 5.97. The number of fused-ring (bicyclic) bond motifs is 4. The van der Waals surface area contributed by atoms with E-state index in [0.717, 1.165) is 39.0 Å². The first-order valence-electron chi connectivity index (χ1n) is 13.1. The van der Waals surface area contributed by atoms with Crippen LogP contribution < -0.4 is 14.2 Å². The number of benzene rings is 3. The lowest BCUT2D eigenvalue weighted by Crippen LogP contribution is -2.63. The molecule has 2 aliphatic heterocycles. The van der Waals surface area contributed by atoms with Gasteiger partial charge in [0.1, 0.15) is 29.3 Å². The van der Waals surface area contributed by atoms with Crippen molar-refractivity contribution < 1.29 is 23.8 Å². The summed E-state index contributed by atoms with van der Waals surface area (Å²) in [6.45, 7) is 0.499. The average Bonchev–Trinajstić information content (AvgIpc) is 3.35. The van der Waals surface area contributed by atoms with E-state index in [-0.39, 0.29) is 18.4 Å². The molecule has 0 bridgehead atoms. The molecule has 2 aliphatic rings. The molecule has 3 aromatic carbocycles. The Morgan fingerprint density at radius 1 is 0.897 bits per heavy atom. The maximum absolute atomic E-state index is 14.0. The van der Waals surface area contributed by atoms with Gasteiger partial charge < -0.3 is 29.0 Å². The van der Waals surface area contributed by atoms with E-state index in [2.05, 4.69) is 11.1 Å². The molecule has 2 atom stereocenters. The van der Waals surface area contributed by atoms with Crippen molar-refractivity contribution in [1.82, 2.24) is 14.8 Å². The summed E-state index contributed by atoms with van der Waals surface area (Å²) in [5.41, 5.74) is 4.81. The molecule has 39 heavy (non-hydrogen) atoms. The van der Waals surface area contributed by atoms with Gasteiger partial charge in [0.25, 0.3) is 0 Å². The largest absolute Gasteiger partial charge is 0.497 e. The van der Waals surface area contributed by atoms with E-state index in [0.29, 0.717) is 30.9 Å². The summed E-state index contributed by atoms with van der Waals surface area (Å²) in [6, 6.07) is 20.3. The predicted octanol–water partition coefficient (Wildman–Crippen LogP) is 4.12. The summed E-state index contributed by atoms with van der Waals surface area (Å²) in [6.07, 6.45) is 1.10. The molecule has 0 radical (unpaired) electrons. The summed E-state index contributed by atoms with van der Waals surface area (Å²) < 4.78 is 16.5. The minimum atomic E-state index is -0.616. The Morgan fingerprint density at radius 3 is 2.38 bits per heavy atom. The van der Waals surface area contributed by atoms with E-state index in [1.165, 1.54) is 0 Å². The molecule has 1 N–H and O–H groups in total. The molecule has 1 fully saturated rings. The van der Waals surface area contributed by atoms with Crippen molar-refractivity contribution >= 4 is 22.7 Å². The van der Waals surface area contributed by atoms with Crippen molar-refractivity contribution in [3.63, 3.8) is 0 Å². The van der Waals surface area contributed by atoms with Crippen molar-refractivity contribution in [1.29, 1.82) is 0 Å². The number of aromatic nitrogens is 1. The number of hydrogen-bond acceptors (Lipinski definition) is 5. The van der Waals surface area contributed by atoms with Crippen molar-refractivity contribution in [2.24, 2.45) is 0 Å². The van der Waals surface area contributed by atoms with Gasteiger partial charge in [-0.25, -0.2) is 0 Å². The number of ether oxygens (including phenoxy) is 3. The van der Waals surface area contributed by atoms with Crippen molar-refractivity contribution in [3.8, 4) is 17.2 Å². The zero-order valence-corrected chi connectivity index (χ0v) is 22.3. The summed E-state index contributed by atoms with van der Waals surface area (Å²) in [7, 11) is 4.86. The van der Waals surface area contributed by atoms with Gasteiger partial charge in [-0.05, 0) is 53.9 Å². The van der Waals surface area contributed by atoms with Crippen LogP contribution in [0.3, 0.4) is 0 Å². The molecule has 2 amide bonds. The number of methoxy groups -OCH3 is 3. The smallest absolute Gasteiger partial charge is 0.246 e. The third-order valence-corrected chi connectivity index (χ3v) is 7.90. The lowest BCUT2D eigenvalue weighted by atomic mass is 9.85. The van der Waals surface area contributed by atoms with Crippen LogP contribution in [0, 0.1) is 0 Å². The third kappa shape index (κ3) is 4.26. The maximum Gasteiger partial charge on any atom is 0.246 e. The number of rotatable bonds is 7. The molecular weight excluding hydrogens is 494 g/mol. The monoisotopic (exact) mass is 525 g/mol. The Balaban J connectivity index is 1.40. The first-order chi connectivity index (χ1) is 19.0. The van der Waals surface area contributed by atoms with E-state index in [1.807, 2.05) is 60.7 Å². The fraction of sp³-hybridized carbons (Fsp3) is 0.290. The van der Waals surface area contributed by atoms with Gasteiger partial charge in [-0.3, -0.25) is 9.59 Å². The molecule has 0 unspecified atom stereocenters. The van der Waals surface area contributed by atoms with E-state index >= 15 is 0 Å². The number of aromatic amines is 1. The highest BCUT2D eigenvalue weighted by Gasteiger charge is 2.48. The average molecular weight is 526 g/mol. The second-order valence-corrected chi connectivity index (χ2v) is 9.95. The number of piperazine rings is 1. The molecule has 8 heteroatoms. The SMILES string of the molecule is COc1ccc(CCN2CC(=O)N3[C@H](c4cc(OC)ccc4OC)c4[nH]c5ccccc5c4C[C@H]3C2=O)cc1. The van der Waals surface area contributed by atoms with Crippen LogP contribution in [0.25, 0.3) is 10.9 Å². The Kier molecular flexibility index (Phi) is 6.38. The van der Waals surface area contributed by atoms with Gasteiger partial charge in [-0.2, -0.15) is 0 Å². The Bertz CT molecular complexity index is 1540. The number of nitrogens with zero attached hydrogens (tertiary/aromatic N) is 2. The lowest BCUT2D eigenvalue weighted by Gasteiger charge is -2.47. The van der Waals surface area contributed by atoms with Crippen LogP contribution in [0.1, 0.15) is 28.4 Å². The van der Waals surface area contributed by atoms with Gasteiger partial charge >= 0.3 is 0 Å². The minimum absolute atomic E-state index is 0.0316. The first-order valence-corrected chi connectivity index (χ1v) is 13.1. The normalized spacial score (nSPS) is 18.6. The van der Waals surface area contributed by atoms with E-state index in [1.54, 1.807) is 31.1 Å². The fourth-order valence-corrected chi connectivity index (χ4v) is 5.95. The zero-order valence-electron chi connectivity index (χ0n) is 22.3. The van der Waals surface area contributed by atoms with Crippen LogP contribution in [-0.4, -0.2) is 67.1 Å². The zero-order chi connectivity index (χ0) is 27.1. The molecule has 8 nitrogen and oxygen atoms in total. The molecule has 0 aliphatic carbocycles. The number of carbonyl (C=O) groups is 2. The van der Waals surface area contributed by atoms with E-state index in [9.17, 15) is 9.59 Å². The number of carbonyl (C=O) groups excluding carboxylic acids is 2. The summed E-state index contributed by atoms with van der Waals surface area (Å²) in [5, 5.41) is 1.06. The quantitative estimate of drug-likeness (QED) is 0.393. The van der Waals surface area contributed by atoms with Gasteiger partial charge in [-0.15, -0.1) is 0 Å². The van der Waals surface area contributed by atoms with Crippen LogP contribution in [0.4, 0.5) is 0 Å². The molecule has 6 rings (SSSR count). The number of nitrogens with one attached hydrogen (secondary N) is 1. The van der Waals surface area contributed by atoms with Gasteiger partial charge in [0.05, 0.1) is 27.9 Å². The first kappa shape index (κ1) is 24.9. The van der Waals surface area contributed by atoms with Crippen molar-refractivity contribution in [2.45, 2.75) is 24.9 Å². The molecule has 4 aromatic rings. The van der Waals surface area contributed by atoms with Crippen LogP contribution >= 0.6 is 0 Å². The standard InChI is InChI=1S/C31H31N3O5/c1-37-20-10-8-19(9-11-20)14-15-33-18-28(35)34-26(31(33)36)17-23-22-6-4-5-7-25(22)32-29(23)30(34)24-16-21(38-2)12-13-27(24)39-3/h4-13,16,26,30,32H,14-15,17-18H2,1-3H3/t26-,30+/m0/s1. The van der Waals surface area contributed by atoms with Gasteiger partial charge in [0, 0.05) is 35.1 Å². The van der Waals surface area contributed by atoms with E-state index in [4.69, 9.17) is 14.2 Å². The predicted molar refractivity (Wildman–Crippen MR) is 147 cm³/mol. The fourth-order valence-electron chi connectivity index (χ4n) is 5.95. The highest BCUT2D eigenvalue weighted by Crippen LogP contribution is 2.45. The van der Waals surface area contributed by atoms with Crippen LogP contribution in [0.5, 0.6) is 17.2 Å². The molecule has 1 aromatic heterocycles. The van der Waals surface area contributed by atoms with E-state index < -0.39 is 12.1 Å². The molecule has 200 valence electrons. The Hall–Kier alpha value is -4.46. The van der Waals surface area contributed by atoms with Crippen LogP contribution in [-0.2, 0) is 22.4 Å². The second kappa shape index (κ2) is 10.0. The summed E-state index contributed by atoms with van der Waals surface area (Å²) in [5.74, 6) is 1.95. The maximum atomic E-state index is 14.0. The molecule has 0 spiro atoms. The van der Waals surface area contributed by atoms with Crippen LogP contribution in [0.15, 0.2) is 66.7 Å². The van der Waals surface area contributed by atoms with Crippen molar-refractivity contribution in [3.05, 3.63) is 89.1 Å². The topological polar surface area (TPSA) is 84.1 Å². The third-order valence-electron chi connectivity index (χ3n) is 7.90. The van der Waals surface area contributed by atoms with Gasteiger partial charge in [0.15, 0.2) is 0 Å². The number of H-pyrrole nitrogens is 1. The summed E-state index contributed by atoms with van der Waals surface area (Å²) >= 11 is 0. The van der Waals surface area contributed by atoms with Gasteiger partial charge in [0.2, 0.25) is 11.8 Å². The van der Waals surface area contributed by atoms with Gasteiger partial charge in [-0.1, -0.05) is 30.3 Å². The number of amides is 2. The van der Waals surface area contributed by atoms with Crippen molar-refractivity contribution in [2.75, 3.05) is 34.4 Å². The Labute approximate surface area is 227 Å². The number of para-hydroxylation sites is 1. The lowest BCUT2D eigenvalue weighted by molar-refractivity contribution is -0.158. The molecular formula is C31H31N3O5. The second-order valence-electron chi connectivity index (χ2n) is 9.95. The molecule has 3 heterocycles. The highest BCUT2D eigenvalue weighted by atomic mass is 16.5. The summed E-state index contributed by atoms with van der Waals surface area (Å²) in [4.78, 5) is 34.9. The minimum Gasteiger partial charge on any atom is -0.497 e. The Morgan fingerprint density at radius 2 is 1.64 bits per heavy atom. The molecule has 1 saturated heterocycles.